The van der Waals surface area contributed by atoms with Gasteiger partial charge in [0, 0.05) is 5.69 Å². The number of ether oxygens (including phenoxy) is 4. The summed E-state index contributed by atoms with van der Waals surface area (Å²) in [7, 11) is 4.18. The minimum absolute atomic E-state index is 0.163. The number of para-hydroxylation sites is 1. The molecule has 0 radical (unpaired) electrons. The van der Waals surface area contributed by atoms with Gasteiger partial charge in [-0.1, -0.05) is 36.4 Å². The maximum absolute atomic E-state index is 12.9. The van der Waals surface area contributed by atoms with Gasteiger partial charge in [-0.3, -0.25) is 0 Å². The van der Waals surface area contributed by atoms with Gasteiger partial charge in [0.1, 0.15) is 17.5 Å². The highest BCUT2D eigenvalue weighted by Crippen LogP contribution is 2.47. The number of fused-ring (bicyclic) bond motifs is 2. The maximum atomic E-state index is 12.9. The quantitative estimate of drug-likeness (QED) is 0.504. The Balaban J connectivity index is 1.81. The number of rotatable bonds is 8. The lowest BCUT2D eigenvalue weighted by Crippen LogP contribution is -2.49. The Hall–Kier alpha value is -3.58. The van der Waals surface area contributed by atoms with Crippen LogP contribution in [0.1, 0.15) is 5.56 Å². The minimum atomic E-state index is -1.21. The van der Waals surface area contributed by atoms with Gasteiger partial charge in [-0.05, 0) is 42.3 Å². The Kier molecular flexibility index (Phi) is 6.01. The van der Waals surface area contributed by atoms with Crippen molar-refractivity contribution in [1.29, 1.82) is 0 Å². The number of methoxy groups -OCH3 is 3. The zero-order chi connectivity index (χ0) is 22.7. The highest BCUT2D eigenvalue weighted by molar-refractivity contribution is 6.05. The van der Waals surface area contributed by atoms with Crippen molar-refractivity contribution < 1.29 is 28.5 Å². The molecule has 32 heavy (non-hydrogen) atoms. The summed E-state index contributed by atoms with van der Waals surface area (Å²) in [6, 6.07) is 16.9. The van der Waals surface area contributed by atoms with Crippen LogP contribution in [-0.4, -0.2) is 51.0 Å². The van der Waals surface area contributed by atoms with Crippen LogP contribution >= 0.6 is 0 Å². The number of esters is 2. The monoisotopic (exact) mass is 435 g/mol. The van der Waals surface area contributed by atoms with Crippen LogP contribution in [0, 0.1) is 0 Å². The molecule has 2 heterocycles. The highest BCUT2D eigenvalue weighted by Gasteiger charge is 2.58. The topological polar surface area (TPSA) is 83.1 Å². The van der Waals surface area contributed by atoms with Gasteiger partial charge in [-0.15, -0.1) is 0 Å². The van der Waals surface area contributed by atoms with E-state index in [2.05, 4.69) is 5.32 Å². The van der Waals surface area contributed by atoms with Crippen molar-refractivity contribution in [3.8, 4) is 5.75 Å². The first-order chi connectivity index (χ1) is 15.5. The Morgan fingerprint density at radius 2 is 1.78 bits per heavy atom. The molecule has 166 valence electrons. The SMILES string of the molecule is COC(=O)C1=C(C(=O)OC)C2(C(Cc3cccc(OC)c3)Nc3ccccc3)C=CC1O2. The van der Waals surface area contributed by atoms with Crippen LogP contribution in [0.25, 0.3) is 0 Å². The Morgan fingerprint density at radius 1 is 1.03 bits per heavy atom. The molecule has 0 aliphatic carbocycles. The van der Waals surface area contributed by atoms with Crippen LogP contribution < -0.4 is 10.1 Å². The number of anilines is 1. The van der Waals surface area contributed by atoms with E-state index >= 15 is 0 Å². The molecule has 2 aliphatic rings. The number of hydrogen-bond donors (Lipinski definition) is 1. The van der Waals surface area contributed by atoms with Crippen molar-refractivity contribution >= 4 is 17.6 Å². The molecule has 2 aliphatic heterocycles. The molecule has 0 saturated carbocycles. The van der Waals surface area contributed by atoms with Gasteiger partial charge in [-0.25, -0.2) is 9.59 Å². The third-order valence-electron chi connectivity index (χ3n) is 5.79. The average Bonchev–Trinajstić information content (AvgIpc) is 3.41. The first-order valence-electron chi connectivity index (χ1n) is 10.3. The van der Waals surface area contributed by atoms with E-state index in [4.69, 9.17) is 18.9 Å². The van der Waals surface area contributed by atoms with E-state index in [9.17, 15) is 9.59 Å². The second kappa shape index (κ2) is 8.88. The molecule has 2 aromatic carbocycles. The minimum Gasteiger partial charge on any atom is -0.497 e. The molecular formula is C25H25NO6. The van der Waals surface area contributed by atoms with Crippen molar-refractivity contribution in [3.05, 3.63) is 83.5 Å². The van der Waals surface area contributed by atoms with E-state index < -0.39 is 29.7 Å². The van der Waals surface area contributed by atoms with Crippen LogP contribution in [0.15, 0.2) is 77.9 Å². The molecular weight excluding hydrogens is 410 g/mol. The lowest BCUT2D eigenvalue weighted by atomic mass is 9.79. The Labute approximate surface area is 186 Å². The van der Waals surface area contributed by atoms with E-state index in [1.54, 1.807) is 13.2 Å². The fourth-order valence-corrected chi connectivity index (χ4v) is 4.32. The number of carbonyl (C=O) groups excluding carboxylic acids is 2. The van der Waals surface area contributed by atoms with E-state index in [-0.39, 0.29) is 11.1 Å². The molecule has 0 amide bonds. The lowest BCUT2D eigenvalue weighted by molar-refractivity contribution is -0.139. The first kappa shape index (κ1) is 21.6. The molecule has 7 heteroatoms. The largest absolute Gasteiger partial charge is 0.497 e. The van der Waals surface area contributed by atoms with Crippen LogP contribution in [0.5, 0.6) is 5.75 Å². The van der Waals surface area contributed by atoms with Crippen LogP contribution in [0.2, 0.25) is 0 Å². The third-order valence-corrected chi connectivity index (χ3v) is 5.79. The fourth-order valence-electron chi connectivity index (χ4n) is 4.32. The summed E-state index contributed by atoms with van der Waals surface area (Å²) < 4.78 is 21.7. The standard InChI is InChI=1S/C25H25NO6/c1-29-18-11-7-8-16(14-18)15-20(26-17-9-5-4-6-10-17)25-13-12-19(32-25)21(23(27)30-2)22(25)24(28)31-3/h4-14,19-20,26H,15H2,1-3H3. The van der Waals surface area contributed by atoms with Gasteiger partial charge in [-0.2, -0.15) is 0 Å². The molecule has 2 aromatic rings. The van der Waals surface area contributed by atoms with E-state index in [1.807, 2.05) is 60.7 Å². The zero-order valence-electron chi connectivity index (χ0n) is 18.2. The van der Waals surface area contributed by atoms with E-state index in [0.717, 1.165) is 17.0 Å². The van der Waals surface area contributed by atoms with Crippen molar-refractivity contribution in [3.63, 3.8) is 0 Å². The van der Waals surface area contributed by atoms with Gasteiger partial charge >= 0.3 is 11.9 Å². The summed E-state index contributed by atoms with van der Waals surface area (Å²) in [4.78, 5) is 25.5. The summed E-state index contributed by atoms with van der Waals surface area (Å²) in [5, 5.41) is 3.50. The normalized spacial score (nSPS) is 21.9. The Morgan fingerprint density at radius 3 is 2.47 bits per heavy atom. The van der Waals surface area contributed by atoms with E-state index in [0.29, 0.717) is 6.42 Å². The highest BCUT2D eigenvalue weighted by atomic mass is 16.6. The van der Waals surface area contributed by atoms with Gasteiger partial charge in [0.25, 0.3) is 0 Å². The molecule has 0 fully saturated rings. The smallest absolute Gasteiger partial charge is 0.337 e. The van der Waals surface area contributed by atoms with Crippen LogP contribution in [0.4, 0.5) is 5.69 Å². The predicted molar refractivity (Wildman–Crippen MR) is 118 cm³/mol. The second-order valence-electron chi connectivity index (χ2n) is 7.58. The Bertz CT molecular complexity index is 1080. The van der Waals surface area contributed by atoms with Crippen molar-refractivity contribution in [2.45, 2.75) is 24.2 Å². The third kappa shape index (κ3) is 3.76. The van der Waals surface area contributed by atoms with Crippen molar-refractivity contribution in [2.75, 3.05) is 26.6 Å². The zero-order valence-corrected chi connectivity index (χ0v) is 18.2. The fraction of sp³-hybridized carbons (Fsp3) is 0.280. The molecule has 2 bridgehead atoms. The lowest BCUT2D eigenvalue weighted by Gasteiger charge is -2.36. The summed E-state index contributed by atoms with van der Waals surface area (Å²) in [6.07, 6.45) is 3.42. The molecule has 0 aromatic heterocycles. The molecule has 4 rings (SSSR count). The number of benzene rings is 2. The van der Waals surface area contributed by atoms with Gasteiger partial charge in [0.05, 0.1) is 38.5 Å². The van der Waals surface area contributed by atoms with Crippen molar-refractivity contribution in [2.24, 2.45) is 0 Å². The molecule has 0 saturated heterocycles. The van der Waals surface area contributed by atoms with E-state index in [1.165, 1.54) is 14.2 Å². The molecule has 0 spiro atoms. The number of carbonyl (C=O) groups is 2. The maximum Gasteiger partial charge on any atom is 0.337 e. The van der Waals surface area contributed by atoms with Crippen LogP contribution in [-0.2, 0) is 30.2 Å². The summed E-state index contributed by atoms with van der Waals surface area (Å²) in [5.41, 5.74) is 0.956. The van der Waals surface area contributed by atoms with Gasteiger partial charge in [0.2, 0.25) is 0 Å². The number of nitrogens with one attached hydrogen (secondary N) is 1. The second-order valence-corrected chi connectivity index (χ2v) is 7.58. The summed E-state index contributed by atoms with van der Waals surface area (Å²) in [6.45, 7) is 0. The van der Waals surface area contributed by atoms with Gasteiger partial charge < -0.3 is 24.3 Å². The van der Waals surface area contributed by atoms with Crippen molar-refractivity contribution in [1.82, 2.24) is 0 Å². The number of hydrogen-bond acceptors (Lipinski definition) is 7. The predicted octanol–water partition coefficient (Wildman–Crippen LogP) is 3.07. The van der Waals surface area contributed by atoms with Gasteiger partial charge in [0.15, 0.2) is 0 Å². The summed E-state index contributed by atoms with van der Waals surface area (Å²) in [5.74, 6) is -0.506. The molecule has 3 atom stereocenters. The molecule has 3 unspecified atom stereocenters. The van der Waals surface area contributed by atoms with Crippen LogP contribution in [0.3, 0.4) is 0 Å². The summed E-state index contributed by atoms with van der Waals surface area (Å²) >= 11 is 0. The first-order valence-corrected chi connectivity index (χ1v) is 10.3. The molecule has 1 N–H and O–H groups in total. The molecule has 7 nitrogen and oxygen atoms in total. The average molecular weight is 435 g/mol.